The summed E-state index contributed by atoms with van der Waals surface area (Å²) in [5.41, 5.74) is -11.3. The lowest BCUT2D eigenvalue weighted by Gasteiger charge is -2.16. The summed E-state index contributed by atoms with van der Waals surface area (Å²) in [6.07, 6.45) is 7.22. The summed E-state index contributed by atoms with van der Waals surface area (Å²) in [6, 6.07) is 0. The molecule has 0 aliphatic carbocycles. The molecule has 196 valence electrons. The normalized spacial score (nSPS) is 17.9. The van der Waals surface area contributed by atoms with Gasteiger partial charge in [-0.2, -0.15) is 26.3 Å². The Balaban J connectivity index is 0. The number of nitrogens with one attached hydrogen (secondary N) is 2. The van der Waals surface area contributed by atoms with E-state index in [0.29, 0.717) is 20.6 Å². The molecule has 2 rings (SSSR count). The highest BCUT2D eigenvalue weighted by atomic mass is 32.2. The largest absolute Gasteiger partial charge is 0.741 e. The van der Waals surface area contributed by atoms with Gasteiger partial charge in [0.15, 0.2) is 20.2 Å². The first kappa shape index (κ1) is 33.5. The molecule has 0 amide bonds. The molecule has 34 heavy (non-hydrogen) atoms. The van der Waals surface area contributed by atoms with Gasteiger partial charge in [-0.3, -0.25) is 0 Å². The number of hydrogen-bond acceptors (Lipinski definition) is 10. The maximum Gasteiger partial charge on any atom is 0.485 e. The van der Waals surface area contributed by atoms with E-state index in [2.05, 4.69) is 10.6 Å². The number of nitrogens with zero attached hydrogens (tertiary/aromatic N) is 2. The van der Waals surface area contributed by atoms with E-state index in [0.717, 1.165) is 0 Å². The fourth-order valence-corrected chi connectivity index (χ4v) is 1.38. The van der Waals surface area contributed by atoms with Gasteiger partial charge in [0.05, 0.1) is 40.6 Å². The van der Waals surface area contributed by atoms with Crippen LogP contribution < -0.4 is 10.6 Å². The van der Waals surface area contributed by atoms with E-state index < -0.39 is 31.3 Å². The second-order valence-electron chi connectivity index (χ2n) is 6.70. The first-order chi connectivity index (χ1) is 14.8. The van der Waals surface area contributed by atoms with Crippen LogP contribution in [0.15, 0.2) is 36.4 Å². The average Bonchev–Trinajstić information content (AvgIpc) is 3.12. The van der Waals surface area contributed by atoms with E-state index in [-0.39, 0.29) is 0 Å². The molecular weight excluding hydrogens is 530 g/mol. The fourth-order valence-electron chi connectivity index (χ4n) is 1.38. The number of quaternary nitrogens is 2. The summed E-state index contributed by atoms with van der Waals surface area (Å²) in [4.78, 5) is 20.3. The second kappa shape index (κ2) is 11.6. The van der Waals surface area contributed by atoms with Gasteiger partial charge in [0.1, 0.15) is 12.4 Å². The van der Waals surface area contributed by atoms with Crippen molar-refractivity contribution in [2.45, 2.75) is 11.0 Å². The van der Waals surface area contributed by atoms with Crippen LogP contribution in [0.1, 0.15) is 0 Å². The third-order valence-electron chi connectivity index (χ3n) is 3.25. The van der Waals surface area contributed by atoms with E-state index in [1.807, 2.05) is 52.5 Å². The lowest BCUT2D eigenvalue weighted by atomic mass is 10.6. The van der Waals surface area contributed by atoms with Crippen LogP contribution >= 0.6 is 0 Å². The van der Waals surface area contributed by atoms with Gasteiger partial charge < -0.3 is 19.7 Å². The Hall–Kier alpha value is -2.70. The summed E-state index contributed by atoms with van der Waals surface area (Å²) in [7, 11) is -4.58. The van der Waals surface area contributed by atoms with E-state index >= 15 is 0 Å². The Morgan fingerprint density at radius 2 is 0.912 bits per heavy atom. The number of carbonyl (C=O) groups excluding carboxylic acids is 2. The van der Waals surface area contributed by atoms with Gasteiger partial charge in [-0.25, -0.2) is 35.4 Å². The van der Waals surface area contributed by atoms with Crippen molar-refractivity contribution in [3.8, 4) is 0 Å². The molecule has 0 saturated carbocycles. The number of hydrogen-bond donors (Lipinski definition) is 2. The quantitative estimate of drug-likeness (QED) is 0.135. The molecule has 0 aromatic rings. The predicted octanol–water partition coefficient (Wildman–Crippen LogP) is -0.277. The molecule has 0 bridgehead atoms. The van der Waals surface area contributed by atoms with Crippen LogP contribution in [0.2, 0.25) is 0 Å². The molecule has 2 heterocycles. The molecule has 0 aromatic carbocycles. The van der Waals surface area contributed by atoms with Gasteiger partial charge in [0.25, 0.3) is 11.6 Å². The summed E-state index contributed by atoms with van der Waals surface area (Å²) in [6.45, 7) is 0. The summed E-state index contributed by atoms with van der Waals surface area (Å²) < 4.78 is 119. The van der Waals surface area contributed by atoms with Crippen LogP contribution in [0.25, 0.3) is 0 Å². The zero-order chi connectivity index (χ0) is 27.8. The van der Waals surface area contributed by atoms with Crippen LogP contribution in [0.5, 0.6) is 0 Å². The SMILES string of the molecule is C[N+]1(C)C=CNC1=C=O.C[N+]1(C)C=CNC1=C=O.O=S(=O)([O-])C(F)(F)F.O=S(=O)([O-])C(F)(F)F. The van der Waals surface area contributed by atoms with Crippen LogP contribution in [0.4, 0.5) is 26.3 Å². The third-order valence-corrected chi connectivity index (χ3v) is 4.38. The molecular formula is C14H18F6N4O8S2. The van der Waals surface area contributed by atoms with Gasteiger partial charge in [0, 0.05) is 0 Å². The van der Waals surface area contributed by atoms with Gasteiger partial charge in [0.2, 0.25) is 11.9 Å². The molecule has 0 atom stereocenters. The Kier molecular flexibility index (Phi) is 11.4. The lowest BCUT2D eigenvalue weighted by molar-refractivity contribution is -0.794. The highest BCUT2D eigenvalue weighted by molar-refractivity contribution is 7.86. The van der Waals surface area contributed by atoms with Crippen LogP contribution in [-0.2, 0) is 29.8 Å². The molecule has 0 unspecified atom stereocenters. The Bertz CT molecular complexity index is 1010. The molecule has 0 fully saturated rings. The van der Waals surface area contributed by atoms with Gasteiger partial charge in [-0.05, 0) is 0 Å². The standard InChI is InChI=1S/2C6H9N2O.2CHF3O3S/c2*1-8(2)4-3-7-6(8)5-9;2*2-1(3,4)8(5,6)7/h2*3-4,7H,1-2H3;2*(H,5,6,7)/q2*+1;;/p-2. The zero-order valence-electron chi connectivity index (χ0n) is 17.6. The molecule has 20 heteroatoms. The lowest BCUT2D eigenvalue weighted by Crippen LogP contribution is -2.32. The van der Waals surface area contributed by atoms with Crippen molar-refractivity contribution in [2.75, 3.05) is 28.2 Å². The van der Waals surface area contributed by atoms with E-state index in [4.69, 9.17) is 25.9 Å². The minimum absolute atomic E-state index is 0.462. The van der Waals surface area contributed by atoms with Gasteiger partial charge in [-0.1, -0.05) is 0 Å². The highest BCUT2D eigenvalue weighted by Gasteiger charge is 2.37. The van der Waals surface area contributed by atoms with Crippen molar-refractivity contribution in [2.24, 2.45) is 0 Å². The second-order valence-corrected chi connectivity index (χ2v) is 9.44. The maximum absolute atomic E-state index is 10.7. The molecule has 0 aromatic heterocycles. The predicted molar refractivity (Wildman–Crippen MR) is 98.7 cm³/mol. The first-order valence-electron chi connectivity index (χ1n) is 7.95. The minimum atomic E-state index is -6.09. The molecule has 2 aliphatic heterocycles. The van der Waals surface area contributed by atoms with E-state index in [1.54, 1.807) is 12.4 Å². The third kappa shape index (κ3) is 11.4. The highest BCUT2D eigenvalue weighted by Crippen LogP contribution is 2.21. The van der Waals surface area contributed by atoms with Gasteiger partial charge in [-0.15, -0.1) is 0 Å². The topological polar surface area (TPSA) is 173 Å². The molecule has 2 N–H and O–H groups in total. The maximum atomic E-state index is 10.7. The van der Waals surface area contributed by atoms with Crippen LogP contribution in [0, 0.1) is 0 Å². The van der Waals surface area contributed by atoms with E-state index in [9.17, 15) is 35.9 Å². The van der Waals surface area contributed by atoms with Crippen LogP contribution in [-0.4, -0.2) is 86.0 Å². The molecule has 2 aliphatic rings. The van der Waals surface area contributed by atoms with Crippen LogP contribution in [0.3, 0.4) is 0 Å². The smallest absolute Gasteiger partial charge is 0.485 e. The molecule has 0 saturated heterocycles. The number of rotatable bonds is 0. The van der Waals surface area contributed by atoms with Crippen molar-refractivity contribution in [3.63, 3.8) is 0 Å². The fraction of sp³-hybridized carbons (Fsp3) is 0.429. The van der Waals surface area contributed by atoms with E-state index in [1.165, 1.54) is 0 Å². The summed E-state index contributed by atoms with van der Waals surface area (Å²) in [5.74, 6) is 4.74. The van der Waals surface area contributed by atoms with Crippen molar-refractivity contribution in [3.05, 3.63) is 36.4 Å². The number of alkyl halides is 6. The zero-order valence-corrected chi connectivity index (χ0v) is 19.2. The number of halogens is 6. The Morgan fingerprint density at radius 3 is 0.971 bits per heavy atom. The Morgan fingerprint density at radius 1 is 0.706 bits per heavy atom. The molecule has 0 spiro atoms. The Labute approximate surface area is 189 Å². The van der Waals surface area contributed by atoms with Crippen molar-refractivity contribution < 1.29 is 70.8 Å². The monoisotopic (exact) mass is 548 g/mol. The van der Waals surface area contributed by atoms with Gasteiger partial charge >= 0.3 is 11.0 Å². The summed E-state index contributed by atoms with van der Waals surface area (Å²) in [5, 5.41) is 5.56. The van der Waals surface area contributed by atoms with Crippen molar-refractivity contribution in [1.29, 1.82) is 0 Å². The molecule has 0 radical (unpaired) electrons. The molecule has 12 nitrogen and oxygen atoms in total. The van der Waals surface area contributed by atoms with Crippen molar-refractivity contribution in [1.82, 2.24) is 10.6 Å². The van der Waals surface area contributed by atoms with Crippen molar-refractivity contribution >= 4 is 32.1 Å². The summed E-state index contributed by atoms with van der Waals surface area (Å²) >= 11 is 0. The average molecular weight is 548 g/mol. The first-order valence-corrected chi connectivity index (χ1v) is 10.8. The minimum Gasteiger partial charge on any atom is -0.741 e.